The first-order chi connectivity index (χ1) is 15.7. The number of halogens is 1. The third-order valence-corrected chi connectivity index (χ3v) is 5.61. The standard InChI is InChI=1S/C27H23ClN2O3/c1-17-6-15-23(22-5-4-16-29-24(17)22)30-26(32)27(2,3)33-21-13-9-19(10-14-21)25(31)18-7-11-20(28)12-8-18/h4-16H,1-3H3,(H,30,32). The maximum Gasteiger partial charge on any atom is 0.267 e. The van der Waals surface area contributed by atoms with E-state index >= 15 is 0 Å². The molecule has 166 valence electrons. The van der Waals surface area contributed by atoms with Gasteiger partial charge in [-0.2, -0.15) is 0 Å². The predicted molar refractivity (Wildman–Crippen MR) is 131 cm³/mol. The van der Waals surface area contributed by atoms with Gasteiger partial charge < -0.3 is 10.1 Å². The van der Waals surface area contributed by atoms with Crippen LogP contribution in [0.25, 0.3) is 10.9 Å². The molecule has 0 saturated carbocycles. The predicted octanol–water partition coefficient (Wildman–Crippen LogP) is 6.22. The summed E-state index contributed by atoms with van der Waals surface area (Å²) in [6, 6.07) is 21.0. The Kier molecular flexibility index (Phi) is 6.16. The van der Waals surface area contributed by atoms with Crippen LogP contribution >= 0.6 is 11.6 Å². The molecular weight excluding hydrogens is 436 g/mol. The monoisotopic (exact) mass is 458 g/mol. The van der Waals surface area contributed by atoms with Crippen LogP contribution in [0.2, 0.25) is 5.02 Å². The number of hydrogen-bond donors (Lipinski definition) is 1. The van der Waals surface area contributed by atoms with Crippen LogP contribution in [-0.4, -0.2) is 22.3 Å². The maximum atomic E-state index is 13.0. The summed E-state index contributed by atoms with van der Waals surface area (Å²) in [6.07, 6.45) is 1.73. The van der Waals surface area contributed by atoms with Gasteiger partial charge in [0.2, 0.25) is 0 Å². The van der Waals surface area contributed by atoms with Gasteiger partial charge in [0.1, 0.15) is 5.75 Å². The number of fused-ring (bicyclic) bond motifs is 1. The number of anilines is 1. The van der Waals surface area contributed by atoms with Gasteiger partial charge in [-0.3, -0.25) is 14.6 Å². The largest absolute Gasteiger partial charge is 0.478 e. The Morgan fingerprint density at radius 2 is 1.55 bits per heavy atom. The molecule has 0 atom stereocenters. The molecule has 4 rings (SSSR count). The molecule has 0 aliphatic carbocycles. The van der Waals surface area contributed by atoms with E-state index in [0.29, 0.717) is 27.6 Å². The summed E-state index contributed by atoms with van der Waals surface area (Å²) in [6.45, 7) is 5.38. The fourth-order valence-corrected chi connectivity index (χ4v) is 3.61. The zero-order valence-corrected chi connectivity index (χ0v) is 19.3. The summed E-state index contributed by atoms with van der Waals surface area (Å²) in [5, 5.41) is 4.40. The molecule has 0 bridgehead atoms. The number of pyridine rings is 1. The van der Waals surface area contributed by atoms with Crippen LogP contribution < -0.4 is 10.1 Å². The van der Waals surface area contributed by atoms with Crippen molar-refractivity contribution in [3.63, 3.8) is 0 Å². The van der Waals surface area contributed by atoms with Gasteiger partial charge in [-0.05, 0) is 93.1 Å². The summed E-state index contributed by atoms with van der Waals surface area (Å²) >= 11 is 5.89. The van der Waals surface area contributed by atoms with E-state index in [1.807, 2.05) is 31.2 Å². The highest BCUT2D eigenvalue weighted by Crippen LogP contribution is 2.27. The van der Waals surface area contributed by atoms with Crippen LogP contribution in [0.3, 0.4) is 0 Å². The van der Waals surface area contributed by atoms with Gasteiger partial charge in [0, 0.05) is 27.7 Å². The Bertz CT molecular complexity index is 1330. The van der Waals surface area contributed by atoms with Crippen LogP contribution in [0.15, 0.2) is 79.0 Å². The number of carbonyl (C=O) groups is 2. The second-order valence-electron chi connectivity index (χ2n) is 8.26. The second kappa shape index (κ2) is 9.04. The van der Waals surface area contributed by atoms with Crippen molar-refractivity contribution in [1.82, 2.24) is 4.98 Å². The molecule has 5 nitrogen and oxygen atoms in total. The molecule has 1 amide bonds. The molecule has 0 aliphatic rings. The van der Waals surface area contributed by atoms with Crippen LogP contribution in [0, 0.1) is 6.92 Å². The highest BCUT2D eigenvalue weighted by molar-refractivity contribution is 6.30. The number of carbonyl (C=O) groups excluding carboxylic acids is 2. The molecule has 3 aromatic carbocycles. The molecule has 0 aliphatic heterocycles. The SMILES string of the molecule is Cc1ccc(NC(=O)C(C)(C)Oc2ccc(C(=O)c3ccc(Cl)cc3)cc2)c2cccnc12. The molecule has 0 radical (unpaired) electrons. The number of rotatable bonds is 6. The van der Waals surface area contributed by atoms with Crippen molar-refractivity contribution in [2.75, 3.05) is 5.32 Å². The van der Waals surface area contributed by atoms with Crippen molar-refractivity contribution in [3.05, 3.63) is 101 Å². The van der Waals surface area contributed by atoms with E-state index in [9.17, 15) is 9.59 Å². The Morgan fingerprint density at radius 3 is 2.21 bits per heavy atom. The van der Waals surface area contributed by atoms with E-state index < -0.39 is 5.60 Å². The molecule has 0 saturated heterocycles. The number of benzene rings is 3. The van der Waals surface area contributed by atoms with Gasteiger partial charge in [0.25, 0.3) is 5.91 Å². The van der Waals surface area contributed by atoms with Crippen molar-refractivity contribution >= 4 is 39.9 Å². The number of aryl methyl sites for hydroxylation is 1. The van der Waals surface area contributed by atoms with Gasteiger partial charge in [0.15, 0.2) is 11.4 Å². The fraction of sp³-hybridized carbons (Fsp3) is 0.148. The van der Waals surface area contributed by atoms with Crippen molar-refractivity contribution in [2.24, 2.45) is 0 Å². The van der Waals surface area contributed by atoms with Gasteiger partial charge in [0.05, 0.1) is 11.2 Å². The lowest BCUT2D eigenvalue weighted by Crippen LogP contribution is -2.42. The number of aromatic nitrogens is 1. The van der Waals surface area contributed by atoms with E-state index in [4.69, 9.17) is 16.3 Å². The Hall–Kier alpha value is -3.70. The smallest absolute Gasteiger partial charge is 0.267 e. The van der Waals surface area contributed by atoms with Crippen molar-refractivity contribution < 1.29 is 14.3 Å². The normalized spacial score (nSPS) is 11.3. The van der Waals surface area contributed by atoms with E-state index in [0.717, 1.165) is 16.5 Å². The first-order valence-electron chi connectivity index (χ1n) is 10.5. The van der Waals surface area contributed by atoms with Gasteiger partial charge in [-0.1, -0.05) is 17.7 Å². The molecule has 33 heavy (non-hydrogen) atoms. The van der Waals surface area contributed by atoms with Crippen LogP contribution in [-0.2, 0) is 4.79 Å². The molecule has 1 aromatic heterocycles. The number of nitrogens with one attached hydrogen (secondary N) is 1. The summed E-state index contributed by atoms with van der Waals surface area (Å²) < 4.78 is 5.97. The minimum absolute atomic E-state index is 0.116. The highest BCUT2D eigenvalue weighted by Gasteiger charge is 2.30. The lowest BCUT2D eigenvalue weighted by atomic mass is 10.0. The van der Waals surface area contributed by atoms with E-state index in [1.165, 1.54) is 0 Å². The van der Waals surface area contributed by atoms with Crippen molar-refractivity contribution in [1.29, 1.82) is 0 Å². The molecule has 0 spiro atoms. The number of nitrogens with zero attached hydrogens (tertiary/aromatic N) is 1. The van der Waals surface area contributed by atoms with Crippen molar-refractivity contribution in [3.8, 4) is 5.75 Å². The molecule has 0 fully saturated rings. The molecule has 4 aromatic rings. The third kappa shape index (κ3) is 4.89. The number of amides is 1. The molecule has 6 heteroatoms. The van der Waals surface area contributed by atoms with Crippen LogP contribution in [0.4, 0.5) is 5.69 Å². The second-order valence-corrected chi connectivity index (χ2v) is 8.69. The number of ketones is 1. The van der Waals surface area contributed by atoms with E-state index in [2.05, 4.69) is 10.3 Å². The maximum absolute atomic E-state index is 13.0. The molecule has 1 heterocycles. The zero-order chi connectivity index (χ0) is 23.6. The Labute approximate surface area is 197 Å². The summed E-state index contributed by atoms with van der Waals surface area (Å²) in [5.74, 6) is 0.0751. The van der Waals surface area contributed by atoms with Gasteiger partial charge in [-0.25, -0.2) is 0 Å². The summed E-state index contributed by atoms with van der Waals surface area (Å²) in [5.41, 5.74) is 2.47. The minimum atomic E-state index is -1.15. The highest BCUT2D eigenvalue weighted by atomic mass is 35.5. The number of hydrogen-bond acceptors (Lipinski definition) is 4. The van der Waals surface area contributed by atoms with Gasteiger partial charge >= 0.3 is 0 Å². The first kappa shape index (κ1) is 22.5. The average Bonchev–Trinajstić information content (AvgIpc) is 2.81. The van der Waals surface area contributed by atoms with E-state index in [-0.39, 0.29) is 11.7 Å². The molecular formula is C27H23ClN2O3. The third-order valence-electron chi connectivity index (χ3n) is 5.36. The number of ether oxygens (including phenoxy) is 1. The quantitative estimate of drug-likeness (QED) is 0.348. The van der Waals surface area contributed by atoms with Crippen molar-refractivity contribution in [2.45, 2.75) is 26.4 Å². The fourth-order valence-electron chi connectivity index (χ4n) is 3.48. The van der Waals surface area contributed by atoms with Crippen LogP contribution in [0.1, 0.15) is 35.3 Å². The lowest BCUT2D eigenvalue weighted by Gasteiger charge is -2.26. The van der Waals surface area contributed by atoms with E-state index in [1.54, 1.807) is 68.6 Å². The lowest BCUT2D eigenvalue weighted by molar-refractivity contribution is -0.128. The zero-order valence-electron chi connectivity index (χ0n) is 18.6. The Morgan fingerprint density at radius 1 is 0.909 bits per heavy atom. The molecule has 0 unspecified atom stereocenters. The topological polar surface area (TPSA) is 68.3 Å². The van der Waals surface area contributed by atoms with Gasteiger partial charge in [-0.15, -0.1) is 0 Å². The Balaban J connectivity index is 1.48. The van der Waals surface area contributed by atoms with Crippen LogP contribution in [0.5, 0.6) is 5.75 Å². The summed E-state index contributed by atoms with van der Waals surface area (Å²) in [4.78, 5) is 30.1. The minimum Gasteiger partial charge on any atom is -0.478 e. The molecule has 1 N–H and O–H groups in total. The average molecular weight is 459 g/mol. The first-order valence-corrected chi connectivity index (χ1v) is 10.9. The summed E-state index contributed by atoms with van der Waals surface area (Å²) in [7, 11) is 0.